The third kappa shape index (κ3) is 2.38. The van der Waals surface area contributed by atoms with Gasteiger partial charge in [0.2, 0.25) is 12.5 Å². The van der Waals surface area contributed by atoms with E-state index in [-0.39, 0.29) is 36.3 Å². The van der Waals surface area contributed by atoms with Gasteiger partial charge in [0, 0.05) is 11.8 Å². The molecule has 1 fully saturated rings. The minimum atomic E-state index is -0.313. The minimum absolute atomic E-state index is 0.0685. The molecule has 1 N–H and O–H groups in total. The molecule has 146 valence electrons. The Morgan fingerprint density at radius 3 is 2.36 bits per heavy atom. The second-order valence-corrected chi connectivity index (χ2v) is 7.28. The molecule has 1 saturated heterocycles. The van der Waals surface area contributed by atoms with Gasteiger partial charge in [0.1, 0.15) is 0 Å². The molecule has 0 saturated carbocycles. The van der Waals surface area contributed by atoms with Crippen LogP contribution in [0, 0.1) is 11.8 Å². The van der Waals surface area contributed by atoms with Crippen molar-refractivity contribution in [3.05, 3.63) is 41.0 Å². The van der Waals surface area contributed by atoms with Crippen molar-refractivity contribution in [1.82, 2.24) is 0 Å². The maximum atomic E-state index is 12.6. The Balaban J connectivity index is 1.72. The lowest BCUT2D eigenvalue weighted by molar-refractivity contribution is -0.141. The van der Waals surface area contributed by atoms with Crippen LogP contribution in [-0.2, 0) is 16.0 Å². The fourth-order valence-electron chi connectivity index (χ4n) is 4.60. The molecule has 0 amide bonds. The van der Waals surface area contributed by atoms with Gasteiger partial charge in [-0.2, -0.15) is 0 Å². The smallest absolute Gasteiger partial charge is 0.310 e. The first-order valence-electron chi connectivity index (χ1n) is 9.14. The van der Waals surface area contributed by atoms with Crippen molar-refractivity contribution >= 4 is 5.97 Å². The van der Waals surface area contributed by atoms with Crippen LogP contribution >= 0.6 is 0 Å². The number of hydrogen-bond donors (Lipinski definition) is 1. The van der Waals surface area contributed by atoms with Gasteiger partial charge in [-0.1, -0.05) is 0 Å². The van der Waals surface area contributed by atoms with Crippen molar-refractivity contribution in [3.8, 4) is 28.7 Å². The van der Waals surface area contributed by atoms with Gasteiger partial charge >= 0.3 is 5.97 Å². The maximum Gasteiger partial charge on any atom is 0.310 e. The number of aromatic hydroxyl groups is 1. The third-order valence-electron chi connectivity index (χ3n) is 5.89. The van der Waals surface area contributed by atoms with E-state index in [9.17, 15) is 9.90 Å². The van der Waals surface area contributed by atoms with Crippen LogP contribution in [0.15, 0.2) is 24.3 Å². The zero-order valence-electron chi connectivity index (χ0n) is 15.6. The molecule has 5 rings (SSSR count). The molecule has 0 unspecified atom stereocenters. The van der Waals surface area contributed by atoms with E-state index in [4.69, 9.17) is 23.7 Å². The van der Waals surface area contributed by atoms with E-state index in [1.54, 1.807) is 12.1 Å². The van der Waals surface area contributed by atoms with Gasteiger partial charge in [-0.3, -0.25) is 4.79 Å². The van der Waals surface area contributed by atoms with E-state index in [1.807, 2.05) is 12.1 Å². The van der Waals surface area contributed by atoms with Crippen molar-refractivity contribution < 1.29 is 33.6 Å². The highest BCUT2D eigenvalue weighted by Gasteiger charge is 2.48. The molecule has 1 aliphatic carbocycles. The number of carbonyl (C=O) groups is 1. The number of methoxy groups -OCH3 is 2. The molecule has 3 atom stereocenters. The molecule has 2 aromatic carbocycles. The van der Waals surface area contributed by atoms with E-state index in [2.05, 4.69) is 0 Å². The second-order valence-electron chi connectivity index (χ2n) is 7.28. The number of carbonyl (C=O) groups excluding carboxylic acids is 1. The molecular formula is C21H20O7. The van der Waals surface area contributed by atoms with E-state index in [0.29, 0.717) is 23.9 Å². The number of cyclic esters (lactones) is 1. The van der Waals surface area contributed by atoms with Crippen molar-refractivity contribution in [2.24, 2.45) is 11.8 Å². The lowest BCUT2D eigenvalue weighted by Gasteiger charge is -2.33. The Labute approximate surface area is 161 Å². The monoisotopic (exact) mass is 384 g/mol. The third-order valence-corrected chi connectivity index (χ3v) is 5.89. The number of phenolic OH excluding ortho intramolecular Hbond substituents is 1. The average Bonchev–Trinajstić information content (AvgIpc) is 3.31. The van der Waals surface area contributed by atoms with Crippen molar-refractivity contribution in [2.75, 3.05) is 27.6 Å². The van der Waals surface area contributed by atoms with Crippen LogP contribution in [-0.4, -0.2) is 38.7 Å². The minimum Gasteiger partial charge on any atom is -0.502 e. The summed E-state index contributed by atoms with van der Waals surface area (Å²) in [6.45, 7) is 0.596. The molecule has 7 nitrogen and oxygen atoms in total. The average molecular weight is 384 g/mol. The Morgan fingerprint density at radius 1 is 1.00 bits per heavy atom. The number of fused-ring (bicyclic) bond motifs is 3. The topological polar surface area (TPSA) is 83.5 Å². The van der Waals surface area contributed by atoms with Crippen LogP contribution in [0.3, 0.4) is 0 Å². The van der Waals surface area contributed by atoms with E-state index in [0.717, 1.165) is 28.9 Å². The lowest BCUT2D eigenvalue weighted by Crippen LogP contribution is -2.31. The zero-order valence-corrected chi connectivity index (χ0v) is 15.6. The Hall–Kier alpha value is -3.09. The summed E-state index contributed by atoms with van der Waals surface area (Å²) in [4.78, 5) is 12.6. The number of benzene rings is 2. The van der Waals surface area contributed by atoms with Crippen molar-refractivity contribution in [3.63, 3.8) is 0 Å². The van der Waals surface area contributed by atoms with Crippen LogP contribution in [0.5, 0.6) is 28.7 Å². The Bertz CT molecular complexity index is 942. The first-order chi connectivity index (χ1) is 13.6. The summed E-state index contributed by atoms with van der Waals surface area (Å²) < 4.78 is 27.2. The van der Waals surface area contributed by atoms with Crippen molar-refractivity contribution in [1.29, 1.82) is 0 Å². The zero-order chi connectivity index (χ0) is 19.4. The second kappa shape index (κ2) is 6.22. The summed E-state index contributed by atoms with van der Waals surface area (Å²) in [7, 11) is 2.97. The van der Waals surface area contributed by atoms with Crippen molar-refractivity contribution in [2.45, 2.75) is 12.3 Å². The normalized spacial score (nSPS) is 24.4. The number of phenols is 1. The highest BCUT2D eigenvalue weighted by Crippen LogP contribution is 2.52. The van der Waals surface area contributed by atoms with E-state index < -0.39 is 0 Å². The molecule has 0 bridgehead atoms. The summed E-state index contributed by atoms with van der Waals surface area (Å²) in [5.74, 6) is 1.22. The van der Waals surface area contributed by atoms with Crippen LogP contribution in [0.25, 0.3) is 0 Å². The summed E-state index contributed by atoms with van der Waals surface area (Å²) in [5.41, 5.74) is 2.93. The first kappa shape index (κ1) is 17.0. The standard InChI is InChI=1S/C21H20O7/c1-24-16-5-11(6-17(25-2)20(16)22)18-13-7-15-14(27-9-28-15)4-10(13)3-12-8-26-21(23)19(12)18/h4-7,12,18-19,22H,3,8-9H2,1-2H3/t12-,18+,19-/m0/s1. The van der Waals surface area contributed by atoms with Gasteiger partial charge in [0.25, 0.3) is 0 Å². The van der Waals surface area contributed by atoms with Crippen LogP contribution in [0.2, 0.25) is 0 Å². The molecule has 0 radical (unpaired) electrons. The van der Waals surface area contributed by atoms with Gasteiger partial charge < -0.3 is 28.8 Å². The quantitative estimate of drug-likeness (QED) is 0.815. The fourth-order valence-corrected chi connectivity index (χ4v) is 4.60. The maximum absolute atomic E-state index is 12.6. The van der Waals surface area contributed by atoms with Gasteiger partial charge in [-0.05, 0) is 47.4 Å². The van der Waals surface area contributed by atoms with Crippen LogP contribution in [0.1, 0.15) is 22.6 Å². The van der Waals surface area contributed by atoms with Gasteiger partial charge in [0.15, 0.2) is 23.0 Å². The largest absolute Gasteiger partial charge is 0.502 e. The van der Waals surface area contributed by atoms with E-state index >= 15 is 0 Å². The summed E-state index contributed by atoms with van der Waals surface area (Å²) in [5, 5.41) is 10.3. The molecule has 28 heavy (non-hydrogen) atoms. The highest BCUT2D eigenvalue weighted by atomic mass is 16.7. The molecule has 2 aromatic rings. The molecule has 2 heterocycles. The number of hydrogen-bond acceptors (Lipinski definition) is 7. The number of esters is 1. The summed E-state index contributed by atoms with van der Waals surface area (Å²) in [6.07, 6.45) is 0.741. The predicted octanol–water partition coefficient (Wildman–Crippen LogP) is 2.62. The predicted molar refractivity (Wildman–Crippen MR) is 97.3 cm³/mol. The molecular weight excluding hydrogens is 364 g/mol. The number of ether oxygens (including phenoxy) is 5. The van der Waals surface area contributed by atoms with Gasteiger partial charge in [-0.25, -0.2) is 0 Å². The first-order valence-corrected chi connectivity index (χ1v) is 9.14. The lowest BCUT2D eigenvalue weighted by atomic mass is 9.67. The summed E-state index contributed by atoms with van der Waals surface area (Å²) in [6, 6.07) is 7.46. The molecule has 3 aliphatic rings. The van der Waals surface area contributed by atoms with Gasteiger partial charge in [-0.15, -0.1) is 0 Å². The summed E-state index contributed by atoms with van der Waals surface area (Å²) >= 11 is 0. The molecule has 0 spiro atoms. The van der Waals surface area contributed by atoms with E-state index in [1.165, 1.54) is 14.2 Å². The highest BCUT2D eigenvalue weighted by molar-refractivity contribution is 5.78. The molecule has 7 heteroatoms. The SMILES string of the molecule is COc1cc([C@@H]2c3cc4c(cc3C[C@H]3COC(=O)[C@@H]32)OCO4)cc(OC)c1O. The van der Waals surface area contributed by atoms with Gasteiger partial charge in [0.05, 0.1) is 26.7 Å². The number of rotatable bonds is 3. The fraction of sp³-hybridized carbons (Fsp3) is 0.381. The molecule has 0 aromatic heterocycles. The Morgan fingerprint density at radius 2 is 1.68 bits per heavy atom. The van der Waals surface area contributed by atoms with Crippen LogP contribution in [0.4, 0.5) is 0 Å². The van der Waals surface area contributed by atoms with Crippen LogP contribution < -0.4 is 18.9 Å². The molecule has 2 aliphatic heterocycles. The Kier molecular flexibility index (Phi) is 3.79.